The van der Waals surface area contributed by atoms with Crippen LogP contribution in [0.15, 0.2) is 0 Å². The molecule has 0 aromatic carbocycles. The largest absolute Gasteiger partial charge is 0.481 e. The molecule has 1 aliphatic carbocycles. The Morgan fingerprint density at radius 2 is 0.906 bits per heavy atom. The Morgan fingerprint density at radius 1 is 0.562 bits per heavy atom. The Kier molecular flexibility index (Phi) is 15.0. The fraction of sp³-hybridized carbons (Fsp3) is 0.929. The molecule has 0 aromatic rings. The summed E-state index contributed by atoms with van der Waals surface area (Å²) < 4.78 is 0. The van der Waals surface area contributed by atoms with Gasteiger partial charge < -0.3 is 10.2 Å². The van der Waals surface area contributed by atoms with Crippen LogP contribution in [0, 0.1) is 10.8 Å². The first-order valence-corrected chi connectivity index (χ1v) is 13.9. The van der Waals surface area contributed by atoms with Crippen molar-refractivity contribution in [3.8, 4) is 0 Å². The maximum Gasteiger partial charge on any atom is 0.310 e. The molecule has 0 aliphatic heterocycles. The van der Waals surface area contributed by atoms with E-state index >= 15 is 0 Å². The number of carboxylic acid groups (broad SMARTS) is 2. The second-order valence-electron chi connectivity index (χ2n) is 10.4. The van der Waals surface area contributed by atoms with Crippen molar-refractivity contribution in [2.75, 3.05) is 0 Å². The van der Waals surface area contributed by atoms with E-state index < -0.39 is 22.8 Å². The number of aliphatic carboxylic acids is 2. The molecule has 0 spiro atoms. The van der Waals surface area contributed by atoms with Crippen LogP contribution in [0.3, 0.4) is 0 Å². The predicted octanol–water partition coefficient (Wildman–Crippen LogP) is 8.76. The second-order valence-corrected chi connectivity index (χ2v) is 10.4. The molecule has 2 atom stereocenters. The normalized spacial score (nSPS) is 23.3. The molecule has 2 unspecified atom stereocenters. The van der Waals surface area contributed by atoms with Crippen LogP contribution in [-0.2, 0) is 9.59 Å². The van der Waals surface area contributed by atoms with Gasteiger partial charge in [0.2, 0.25) is 0 Å². The van der Waals surface area contributed by atoms with Crippen molar-refractivity contribution in [3.63, 3.8) is 0 Å². The van der Waals surface area contributed by atoms with Gasteiger partial charge >= 0.3 is 11.9 Å². The topological polar surface area (TPSA) is 74.6 Å². The number of hydrogen-bond donors (Lipinski definition) is 2. The van der Waals surface area contributed by atoms with Gasteiger partial charge in [-0.15, -0.1) is 0 Å². The van der Waals surface area contributed by atoms with E-state index in [9.17, 15) is 19.8 Å². The lowest BCUT2D eigenvalue weighted by atomic mass is 9.53. The Labute approximate surface area is 197 Å². The summed E-state index contributed by atoms with van der Waals surface area (Å²) in [6, 6.07) is 0. The fourth-order valence-corrected chi connectivity index (χ4v) is 6.07. The highest BCUT2D eigenvalue weighted by molar-refractivity contribution is 5.87. The van der Waals surface area contributed by atoms with E-state index in [2.05, 4.69) is 6.92 Å². The summed E-state index contributed by atoms with van der Waals surface area (Å²) in [5.74, 6) is -1.79. The molecule has 188 valence electrons. The van der Waals surface area contributed by atoms with Gasteiger partial charge in [-0.2, -0.15) is 0 Å². The van der Waals surface area contributed by atoms with Crippen molar-refractivity contribution in [1.82, 2.24) is 0 Å². The highest BCUT2D eigenvalue weighted by Crippen LogP contribution is 2.56. The van der Waals surface area contributed by atoms with Crippen molar-refractivity contribution in [1.29, 1.82) is 0 Å². The maximum absolute atomic E-state index is 12.3. The van der Waals surface area contributed by atoms with Crippen LogP contribution in [0.5, 0.6) is 0 Å². The number of unbranched alkanes of at least 4 members (excludes halogenated alkanes) is 15. The minimum Gasteiger partial charge on any atom is -0.481 e. The van der Waals surface area contributed by atoms with E-state index in [1.54, 1.807) is 0 Å². The first-order valence-electron chi connectivity index (χ1n) is 13.9. The summed E-state index contributed by atoms with van der Waals surface area (Å²) in [6.07, 6.45) is 24.2. The Morgan fingerprint density at radius 3 is 1.25 bits per heavy atom. The minimum absolute atomic E-state index is 0.410. The zero-order chi connectivity index (χ0) is 23.7. The molecule has 1 fully saturated rings. The van der Waals surface area contributed by atoms with Gasteiger partial charge in [0.25, 0.3) is 0 Å². The zero-order valence-electron chi connectivity index (χ0n) is 21.3. The van der Waals surface area contributed by atoms with Gasteiger partial charge in [0.15, 0.2) is 0 Å². The monoisotopic (exact) mass is 452 g/mol. The molecule has 1 saturated carbocycles. The van der Waals surface area contributed by atoms with Gasteiger partial charge in [-0.05, 0) is 25.7 Å². The Bertz CT molecular complexity index is 518. The third kappa shape index (κ3) is 8.71. The quantitative estimate of drug-likeness (QED) is 0.181. The van der Waals surface area contributed by atoms with Gasteiger partial charge in [0, 0.05) is 0 Å². The maximum atomic E-state index is 12.3. The van der Waals surface area contributed by atoms with Crippen LogP contribution in [-0.4, -0.2) is 22.2 Å². The first-order chi connectivity index (χ1) is 15.5. The summed E-state index contributed by atoms with van der Waals surface area (Å²) in [5, 5.41) is 20.0. The van der Waals surface area contributed by atoms with Crippen molar-refractivity contribution >= 4 is 11.9 Å². The van der Waals surface area contributed by atoms with Gasteiger partial charge in [-0.3, -0.25) is 9.59 Å². The van der Waals surface area contributed by atoms with Crippen LogP contribution >= 0.6 is 0 Å². The molecule has 0 bridgehead atoms. The predicted molar refractivity (Wildman–Crippen MR) is 133 cm³/mol. The first kappa shape index (κ1) is 29.0. The van der Waals surface area contributed by atoms with Crippen molar-refractivity contribution in [2.45, 2.75) is 155 Å². The van der Waals surface area contributed by atoms with Crippen LogP contribution in [0.25, 0.3) is 0 Å². The van der Waals surface area contributed by atoms with E-state index in [1.165, 1.54) is 83.5 Å². The number of rotatable bonds is 20. The van der Waals surface area contributed by atoms with E-state index in [0.717, 1.165) is 32.1 Å². The molecule has 4 nitrogen and oxygen atoms in total. The molecule has 1 aliphatic rings. The summed E-state index contributed by atoms with van der Waals surface area (Å²) in [5.41, 5.74) is -2.17. The average molecular weight is 453 g/mol. The van der Waals surface area contributed by atoms with Gasteiger partial charge in [-0.25, -0.2) is 0 Å². The average Bonchev–Trinajstić information content (AvgIpc) is 2.78. The van der Waals surface area contributed by atoms with E-state index in [0.29, 0.717) is 25.7 Å². The molecule has 0 amide bonds. The lowest BCUT2D eigenvalue weighted by molar-refractivity contribution is -0.181. The molecular formula is C28H52O4. The van der Waals surface area contributed by atoms with E-state index in [-0.39, 0.29) is 0 Å². The molecule has 0 saturated heterocycles. The summed E-state index contributed by atoms with van der Waals surface area (Å²) in [4.78, 5) is 24.4. The standard InChI is InChI=1S/C28H52O4/c1-3-5-6-7-8-9-10-11-12-13-14-15-16-17-18-19-23-28(26(31)32)24-21-20-22-27(28,4-2)25(29)30/h3-24H2,1-2H3,(H,29,30)(H,31,32). The minimum atomic E-state index is -1.09. The van der Waals surface area contributed by atoms with Gasteiger partial charge in [0.05, 0.1) is 10.8 Å². The number of carboxylic acids is 2. The third-order valence-electron chi connectivity index (χ3n) is 8.25. The SMILES string of the molecule is CCCCCCCCCCCCCCCCCCC1(C(=O)O)CCCCC1(CC)C(=O)O. The molecule has 0 heterocycles. The molecule has 1 rings (SSSR count). The lowest BCUT2D eigenvalue weighted by Gasteiger charge is -2.48. The zero-order valence-corrected chi connectivity index (χ0v) is 21.3. The van der Waals surface area contributed by atoms with Crippen LogP contribution in [0.4, 0.5) is 0 Å². The summed E-state index contributed by atoms with van der Waals surface area (Å²) in [6.45, 7) is 4.12. The van der Waals surface area contributed by atoms with E-state index in [1.807, 2.05) is 6.92 Å². The van der Waals surface area contributed by atoms with E-state index in [4.69, 9.17) is 0 Å². The fourth-order valence-electron chi connectivity index (χ4n) is 6.07. The Hall–Kier alpha value is -1.06. The highest BCUT2D eigenvalue weighted by Gasteiger charge is 2.60. The Balaban J connectivity index is 2.15. The lowest BCUT2D eigenvalue weighted by Crippen LogP contribution is -2.54. The number of carbonyl (C=O) groups is 2. The highest BCUT2D eigenvalue weighted by atomic mass is 16.4. The molecule has 32 heavy (non-hydrogen) atoms. The molecule has 0 radical (unpaired) electrons. The third-order valence-corrected chi connectivity index (χ3v) is 8.25. The molecule has 2 N–H and O–H groups in total. The van der Waals surface area contributed by atoms with Crippen LogP contribution in [0.2, 0.25) is 0 Å². The van der Waals surface area contributed by atoms with Crippen LogP contribution < -0.4 is 0 Å². The summed E-state index contributed by atoms with van der Waals surface area (Å²) in [7, 11) is 0. The van der Waals surface area contributed by atoms with Crippen molar-refractivity contribution in [3.05, 3.63) is 0 Å². The van der Waals surface area contributed by atoms with Gasteiger partial charge in [0.1, 0.15) is 0 Å². The summed E-state index contributed by atoms with van der Waals surface area (Å²) >= 11 is 0. The molecule has 0 aromatic heterocycles. The second kappa shape index (κ2) is 16.5. The molecule has 4 heteroatoms. The molecular weight excluding hydrogens is 400 g/mol. The van der Waals surface area contributed by atoms with Crippen molar-refractivity contribution in [2.24, 2.45) is 10.8 Å². The van der Waals surface area contributed by atoms with Crippen molar-refractivity contribution < 1.29 is 19.8 Å². The van der Waals surface area contributed by atoms with Gasteiger partial charge in [-0.1, -0.05) is 129 Å². The number of hydrogen-bond acceptors (Lipinski definition) is 2. The van der Waals surface area contributed by atoms with Crippen LogP contribution in [0.1, 0.15) is 155 Å². The smallest absolute Gasteiger partial charge is 0.310 e.